The second kappa shape index (κ2) is 12.5. The Morgan fingerprint density at radius 2 is 1.84 bits per heavy atom. The zero-order chi connectivity index (χ0) is 30.7. The topological polar surface area (TPSA) is 111 Å². The summed E-state index contributed by atoms with van der Waals surface area (Å²) in [5.74, 6) is -0.0715. The van der Waals surface area contributed by atoms with E-state index in [2.05, 4.69) is 25.3 Å². The van der Waals surface area contributed by atoms with Gasteiger partial charge in [0.2, 0.25) is 5.91 Å². The van der Waals surface area contributed by atoms with E-state index in [1.165, 1.54) is 40.2 Å². The molecule has 0 spiro atoms. The average Bonchev–Trinajstić information content (AvgIpc) is 3.60. The van der Waals surface area contributed by atoms with Crippen LogP contribution in [0.15, 0.2) is 78.0 Å². The number of urea groups is 1. The molecule has 0 radical (unpaired) electrons. The highest BCUT2D eigenvalue weighted by molar-refractivity contribution is 8.15. The van der Waals surface area contributed by atoms with E-state index >= 15 is 0 Å². The summed E-state index contributed by atoms with van der Waals surface area (Å²) in [4.78, 5) is 40.1. The highest BCUT2D eigenvalue weighted by Crippen LogP contribution is 2.33. The Hall–Kier alpha value is -4.40. The maximum atomic E-state index is 12.5. The molecule has 0 bridgehead atoms. The van der Waals surface area contributed by atoms with Crippen LogP contribution in [0, 0.1) is 6.92 Å². The Labute approximate surface area is 252 Å². The molecule has 1 aliphatic rings. The molecule has 10 nitrogen and oxygen atoms in total. The monoisotopic (exact) mass is 630 g/mol. The summed E-state index contributed by atoms with van der Waals surface area (Å²) < 4.78 is 42.5. The van der Waals surface area contributed by atoms with Crippen molar-refractivity contribution in [1.29, 1.82) is 0 Å². The molecule has 3 aromatic carbocycles. The highest BCUT2D eigenvalue weighted by Gasteiger charge is 2.32. The number of ether oxygens (including phenoxy) is 1. The smallest absolute Gasteiger partial charge is 0.406 e. The molecule has 222 valence electrons. The van der Waals surface area contributed by atoms with Crippen LogP contribution in [-0.2, 0) is 9.63 Å². The van der Waals surface area contributed by atoms with Gasteiger partial charge in [-0.25, -0.2) is 19.9 Å². The molecule has 0 aliphatic carbocycles. The lowest BCUT2D eigenvalue weighted by Gasteiger charge is -2.18. The standard InChI is InChI=1S/C28H22ClF3N6O4S/c1-16-3-12-22(29)23(13-16)38-24(39)14-43-27(38)34-26(40)36-42-17(2)18-4-6-19(7-5-18)25-33-15-37(35-25)20-8-10-21(11-9-20)41-28(30,31)32/h3-13,15,17H,14H2,1-2H3,(H,36,40)/b34-27-. The molecule has 5 rings (SSSR count). The first-order valence-corrected chi connectivity index (χ1v) is 14.0. The number of rotatable bonds is 7. The predicted molar refractivity (Wildman–Crippen MR) is 155 cm³/mol. The third kappa shape index (κ3) is 7.34. The molecule has 1 aromatic heterocycles. The van der Waals surface area contributed by atoms with Gasteiger partial charge in [0.25, 0.3) is 0 Å². The van der Waals surface area contributed by atoms with E-state index in [9.17, 15) is 22.8 Å². The van der Waals surface area contributed by atoms with Gasteiger partial charge in [-0.1, -0.05) is 53.7 Å². The summed E-state index contributed by atoms with van der Waals surface area (Å²) in [6, 6.07) is 16.8. The largest absolute Gasteiger partial charge is 0.573 e. The van der Waals surface area contributed by atoms with E-state index in [1.54, 1.807) is 43.3 Å². The summed E-state index contributed by atoms with van der Waals surface area (Å²) in [5, 5.41) is 4.93. The zero-order valence-electron chi connectivity index (χ0n) is 22.5. The number of thioether (sulfide) groups is 1. The number of aryl methyl sites for hydroxylation is 1. The number of alkyl halides is 3. The third-order valence-corrected chi connectivity index (χ3v) is 7.34. The van der Waals surface area contributed by atoms with Gasteiger partial charge in [-0.3, -0.25) is 14.5 Å². The van der Waals surface area contributed by atoms with Gasteiger partial charge in [-0.15, -0.1) is 18.3 Å². The van der Waals surface area contributed by atoms with Crippen molar-refractivity contribution in [2.24, 2.45) is 4.99 Å². The minimum atomic E-state index is -4.77. The van der Waals surface area contributed by atoms with Crippen LogP contribution in [0.5, 0.6) is 5.75 Å². The number of halogens is 4. The van der Waals surface area contributed by atoms with Crippen LogP contribution in [0.3, 0.4) is 0 Å². The second-order valence-corrected chi connectivity index (χ2v) is 10.6. The summed E-state index contributed by atoms with van der Waals surface area (Å²) in [6.45, 7) is 3.60. The summed E-state index contributed by atoms with van der Waals surface area (Å²) >= 11 is 7.41. The summed E-state index contributed by atoms with van der Waals surface area (Å²) in [6.07, 6.45) is -3.89. The van der Waals surface area contributed by atoms with Gasteiger partial charge < -0.3 is 4.74 Å². The van der Waals surface area contributed by atoms with E-state index in [4.69, 9.17) is 16.4 Å². The Morgan fingerprint density at radius 3 is 2.53 bits per heavy atom. The molecule has 1 saturated heterocycles. The van der Waals surface area contributed by atoms with Crippen LogP contribution in [0.2, 0.25) is 5.02 Å². The molecule has 15 heteroatoms. The molecule has 1 fully saturated rings. The third-order valence-electron chi connectivity index (χ3n) is 6.09. The van der Waals surface area contributed by atoms with Crippen molar-refractivity contribution in [1.82, 2.24) is 20.2 Å². The van der Waals surface area contributed by atoms with Crippen LogP contribution in [-0.4, -0.2) is 44.0 Å². The molecule has 1 N–H and O–H groups in total. The molecule has 3 amide bonds. The molecule has 1 aliphatic heterocycles. The molecule has 43 heavy (non-hydrogen) atoms. The fraction of sp³-hybridized carbons (Fsp3) is 0.179. The number of aromatic nitrogens is 3. The minimum Gasteiger partial charge on any atom is -0.406 e. The number of amidine groups is 1. The number of hydroxylamine groups is 1. The number of carbonyl (C=O) groups excluding carboxylic acids is 2. The van der Waals surface area contributed by atoms with Crippen molar-refractivity contribution in [3.8, 4) is 22.8 Å². The number of hydrogen-bond acceptors (Lipinski definition) is 7. The van der Waals surface area contributed by atoms with Gasteiger partial charge in [-0.2, -0.15) is 4.99 Å². The van der Waals surface area contributed by atoms with Gasteiger partial charge in [-0.05, 0) is 61.4 Å². The van der Waals surface area contributed by atoms with E-state index in [1.807, 2.05) is 13.0 Å². The maximum absolute atomic E-state index is 12.5. The van der Waals surface area contributed by atoms with Crippen molar-refractivity contribution in [2.75, 3.05) is 10.7 Å². The lowest BCUT2D eigenvalue weighted by Crippen LogP contribution is -2.31. The van der Waals surface area contributed by atoms with Crippen LogP contribution < -0.4 is 15.1 Å². The first-order chi connectivity index (χ1) is 20.5. The maximum Gasteiger partial charge on any atom is 0.573 e. The number of nitrogens with zero attached hydrogens (tertiary/aromatic N) is 5. The Bertz CT molecular complexity index is 1680. The van der Waals surface area contributed by atoms with Gasteiger partial charge in [0, 0.05) is 5.56 Å². The molecule has 2 heterocycles. The minimum absolute atomic E-state index is 0.121. The summed E-state index contributed by atoms with van der Waals surface area (Å²) in [5.41, 5.74) is 5.55. The average molecular weight is 631 g/mol. The fourth-order valence-corrected chi connectivity index (χ4v) is 5.08. The van der Waals surface area contributed by atoms with Gasteiger partial charge in [0.15, 0.2) is 11.0 Å². The van der Waals surface area contributed by atoms with Crippen LogP contribution in [0.4, 0.5) is 23.7 Å². The molecular weight excluding hydrogens is 609 g/mol. The predicted octanol–water partition coefficient (Wildman–Crippen LogP) is 6.63. The van der Waals surface area contributed by atoms with E-state index in [0.29, 0.717) is 27.8 Å². The zero-order valence-corrected chi connectivity index (χ0v) is 24.1. The number of carbonyl (C=O) groups is 2. The van der Waals surface area contributed by atoms with Crippen molar-refractivity contribution < 1.29 is 32.3 Å². The lowest BCUT2D eigenvalue weighted by molar-refractivity contribution is -0.274. The fourth-order valence-electron chi connectivity index (χ4n) is 4.02. The van der Waals surface area contributed by atoms with Crippen molar-refractivity contribution in [3.05, 3.63) is 89.2 Å². The normalized spacial score (nSPS) is 15.2. The van der Waals surface area contributed by atoms with Crippen LogP contribution >= 0.6 is 23.4 Å². The molecule has 1 unspecified atom stereocenters. The van der Waals surface area contributed by atoms with Gasteiger partial charge in [0.1, 0.15) is 18.2 Å². The SMILES string of the molecule is Cc1ccc(Cl)c(N2C(=O)CS/C2=N\C(=O)NOC(C)c2ccc(-c3ncn(-c4ccc(OC(F)(F)F)cc4)n3)cc2)c1. The molecular formula is C28H22ClF3N6O4S. The highest BCUT2D eigenvalue weighted by atomic mass is 35.5. The Kier molecular flexibility index (Phi) is 8.71. The Morgan fingerprint density at radius 1 is 1.12 bits per heavy atom. The Balaban J connectivity index is 1.19. The van der Waals surface area contributed by atoms with E-state index in [0.717, 1.165) is 22.9 Å². The van der Waals surface area contributed by atoms with Crippen LogP contribution in [0.1, 0.15) is 24.2 Å². The van der Waals surface area contributed by atoms with E-state index in [-0.39, 0.29) is 22.6 Å². The number of anilines is 1. The number of hydrogen-bond donors (Lipinski definition) is 1. The van der Waals surface area contributed by atoms with Gasteiger partial charge in [0.05, 0.1) is 22.2 Å². The quantitative estimate of drug-likeness (QED) is 0.228. The van der Waals surface area contributed by atoms with E-state index < -0.39 is 18.5 Å². The first kappa shape index (κ1) is 30.1. The van der Waals surface area contributed by atoms with Crippen molar-refractivity contribution >= 4 is 46.2 Å². The number of benzene rings is 3. The van der Waals surface area contributed by atoms with Gasteiger partial charge >= 0.3 is 12.4 Å². The number of nitrogens with one attached hydrogen (secondary N) is 1. The second-order valence-electron chi connectivity index (χ2n) is 9.21. The van der Waals surface area contributed by atoms with Crippen molar-refractivity contribution in [3.63, 3.8) is 0 Å². The van der Waals surface area contributed by atoms with Crippen molar-refractivity contribution in [2.45, 2.75) is 26.3 Å². The summed E-state index contributed by atoms with van der Waals surface area (Å²) in [7, 11) is 0. The molecule has 1 atom stereocenters. The number of aliphatic imine (C=N–C) groups is 1. The number of amides is 3. The van der Waals surface area contributed by atoms with Crippen LogP contribution in [0.25, 0.3) is 17.1 Å². The first-order valence-electron chi connectivity index (χ1n) is 12.6. The lowest BCUT2D eigenvalue weighted by atomic mass is 10.1. The molecule has 4 aromatic rings. The molecule has 0 saturated carbocycles.